The second-order valence-electron chi connectivity index (χ2n) is 7.37. The van der Waals surface area contributed by atoms with E-state index in [-0.39, 0.29) is 56.9 Å². The van der Waals surface area contributed by atoms with Crippen molar-refractivity contribution in [2.75, 3.05) is 20.8 Å². The smallest absolute Gasteiger partial charge is 0.855 e. The summed E-state index contributed by atoms with van der Waals surface area (Å²) in [5, 5.41) is 23.2. The first-order chi connectivity index (χ1) is 20.5. The van der Waals surface area contributed by atoms with Crippen LogP contribution in [0, 0.1) is 0 Å². The molecule has 11 nitrogen and oxygen atoms in total. The number of carboxylic acids is 1. The molecule has 0 aliphatic rings. The molecule has 1 atom stereocenters. The molecule has 0 aliphatic carbocycles. The van der Waals surface area contributed by atoms with E-state index in [2.05, 4.69) is 48.2 Å². The Morgan fingerprint density at radius 1 is 0.761 bits per heavy atom. The predicted molar refractivity (Wildman–Crippen MR) is 183 cm³/mol. The van der Waals surface area contributed by atoms with Gasteiger partial charge in [-0.05, 0) is 11.1 Å². The SMILES string of the molecule is BrCc1ccccc1.C.C.CC.CC.CC(=O)NC(Cc1ccccc1)C(=O)O.CC[O-].COC(=O)C(NC(C)=O)C(=O)OC.[Na+]. The first kappa shape index (κ1) is 58.7. The molecule has 0 saturated heterocycles. The number of aliphatic carboxylic acids is 1. The summed E-state index contributed by atoms with van der Waals surface area (Å²) in [5.74, 6) is -3.59. The number of alkyl halides is 1. The summed E-state index contributed by atoms with van der Waals surface area (Å²) >= 11 is 3.36. The van der Waals surface area contributed by atoms with Crippen LogP contribution in [0.5, 0.6) is 0 Å². The Kier molecular flexibility index (Phi) is 53.9. The number of carbonyl (C=O) groups is 5. The molecule has 2 amide bonds. The zero-order valence-corrected chi connectivity index (χ0v) is 31.2. The van der Waals surface area contributed by atoms with Crippen LogP contribution >= 0.6 is 15.9 Å². The number of hydrogen-bond donors (Lipinski definition) is 3. The minimum absolute atomic E-state index is 0. The molecule has 3 N–H and O–H groups in total. The van der Waals surface area contributed by atoms with Crippen molar-refractivity contribution >= 4 is 45.7 Å². The van der Waals surface area contributed by atoms with Crippen molar-refractivity contribution in [3.63, 3.8) is 0 Å². The van der Waals surface area contributed by atoms with Gasteiger partial charge in [-0.1, -0.05) is 126 Å². The topological polar surface area (TPSA) is 171 Å². The predicted octanol–water partition coefficient (Wildman–Crippen LogP) is 1.93. The summed E-state index contributed by atoms with van der Waals surface area (Å²) in [6.07, 6.45) is 0.301. The van der Waals surface area contributed by atoms with Crippen LogP contribution in [0.2, 0.25) is 0 Å². The Balaban J connectivity index is -0.0000000897. The maximum atomic E-state index is 10.9. The van der Waals surface area contributed by atoms with Gasteiger partial charge in [-0.2, -0.15) is 0 Å². The third-order valence-corrected chi connectivity index (χ3v) is 4.82. The Morgan fingerprint density at radius 3 is 1.33 bits per heavy atom. The Labute approximate surface area is 307 Å². The van der Waals surface area contributed by atoms with Gasteiger partial charge in [-0.25, -0.2) is 14.4 Å². The maximum Gasteiger partial charge on any atom is 1.00 e. The zero-order chi connectivity index (χ0) is 34.2. The number of hydrogen-bond acceptors (Lipinski definition) is 8. The monoisotopic (exact) mass is 726 g/mol. The zero-order valence-electron chi connectivity index (χ0n) is 27.6. The van der Waals surface area contributed by atoms with Crippen molar-refractivity contribution in [2.45, 2.75) is 87.2 Å². The number of halogens is 1. The fourth-order valence-electron chi connectivity index (χ4n) is 2.52. The van der Waals surface area contributed by atoms with Crippen LogP contribution in [0.1, 0.15) is 74.4 Å². The molecule has 13 heteroatoms. The van der Waals surface area contributed by atoms with Gasteiger partial charge >= 0.3 is 47.5 Å². The molecule has 0 aromatic heterocycles. The normalized spacial score (nSPS) is 8.70. The van der Waals surface area contributed by atoms with Crippen LogP contribution in [0.25, 0.3) is 0 Å². The van der Waals surface area contributed by atoms with Gasteiger partial charge in [-0.15, -0.1) is 6.61 Å². The molecule has 0 fully saturated rings. The van der Waals surface area contributed by atoms with Gasteiger partial charge in [0.25, 0.3) is 0 Å². The van der Waals surface area contributed by atoms with Gasteiger partial charge in [0.15, 0.2) is 0 Å². The van der Waals surface area contributed by atoms with Gasteiger partial charge in [0.2, 0.25) is 17.9 Å². The van der Waals surface area contributed by atoms with E-state index in [9.17, 15) is 24.0 Å². The van der Waals surface area contributed by atoms with Crippen molar-refractivity contribution < 1.29 is 73.2 Å². The van der Waals surface area contributed by atoms with Crippen LogP contribution in [0.4, 0.5) is 0 Å². The van der Waals surface area contributed by atoms with Crippen molar-refractivity contribution in [1.29, 1.82) is 0 Å². The molecule has 0 bridgehead atoms. The molecule has 2 aromatic carbocycles. The Bertz CT molecular complexity index is 983. The minimum Gasteiger partial charge on any atom is -0.855 e. The van der Waals surface area contributed by atoms with Crippen molar-refractivity contribution in [3.8, 4) is 0 Å². The van der Waals surface area contributed by atoms with Gasteiger partial charge in [0, 0.05) is 25.6 Å². The van der Waals surface area contributed by atoms with Gasteiger partial charge < -0.3 is 30.3 Å². The first-order valence-electron chi connectivity index (χ1n) is 13.6. The number of amides is 2. The van der Waals surface area contributed by atoms with Crippen LogP contribution in [-0.4, -0.2) is 67.7 Å². The van der Waals surface area contributed by atoms with Crippen LogP contribution in [-0.2, 0) is 45.2 Å². The van der Waals surface area contributed by atoms with E-state index in [1.54, 1.807) is 6.92 Å². The molecular formula is C33H56BrN2NaO9. The summed E-state index contributed by atoms with van der Waals surface area (Å²) in [6.45, 7) is 12.1. The van der Waals surface area contributed by atoms with Crippen molar-refractivity contribution in [1.82, 2.24) is 10.6 Å². The molecule has 0 spiro atoms. The van der Waals surface area contributed by atoms with Crippen LogP contribution in [0.15, 0.2) is 60.7 Å². The third kappa shape index (κ3) is 35.7. The Hall–Kier alpha value is -2.77. The number of ether oxygens (including phenoxy) is 2. The molecule has 0 radical (unpaired) electrons. The molecule has 0 heterocycles. The molecule has 1 unspecified atom stereocenters. The van der Waals surface area contributed by atoms with Gasteiger partial charge in [-0.3, -0.25) is 9.59 Å². The van der Waals surface area contributed by atoms with Gasteiger partial charge in [0.05, 0.1) is 14.2 Å². The van der Waals surface area contributed by atoms with E-state index in [1.807, 2.05) is 76.2 Å². The van der Waals surface area contributed by atoms with E-state index in [0.29, 0.717) is 6.42 Å². The average molecular weight is 728 g/mol. The number of benzene rings is 2. The molecule has 2 rings (SSSR count). The van der Waals surface area contributed by atoms with Crippen molar-refractivity contribution in [2.24, 2.45) is 0 Å². The fourth-order valence-corrected chi connectivity index (χ4v) is 2.89. The summed E-state index contributed by atoms with van der Waals surface area (Å²) in [6, 6.07) is 17.2. The molecule has 2 aromatic rings. The number of esters is 2. The maximum absolute atomic E-state index is 10.9. The third-order valence-electron chi connectivity index (χ3n) is 4.18. The van der Waals surface area contributed by atoms with Crippen LogP contribution in [0.3, 0.4) is 0 Å². The summed E-state index contributed by atoms with van der Waals surface area (Å²) < 4.78 is 8.56. The van der Waals surface area contributed by atoms with Gasteiger partial charge in [0.1, 0.15) is 6.04 Å². The Morgan fingerprint density at radius 2 is 1.09 bits per heavy atom. The van der Waals surface area contributed by atoms with E-state index >= 15 is 0 Å². The first-order valence-corrected chi connectivity index (χ1v) is 14.7. The second kappa shape index (κ2) is 42.2. The molecular weight excluding hydrogens is 671 g/mol. The quantitative estimate of drug-likeness (QED) is 0.159. The minimum atomic E-state index is -1.38. The standard InChI is InChI=1S/C11H13NO3.C7H7Br.C7H11NO5.C2H5O.2C2H6.2CH4.Na/c1-8(13)12-10(11(14)15)7-9-5-3-2-4-6-9;8-6-7-4-2-1-3-5-7;1-4(9)8-5(6(10)12-2)7(11)13-3;1-2-3;2*1-2;;;/h2-6,10H,7H2,1H3,(H,12,13)(H,14,15);1-5H,6H2;5H,1-3H3,(H,8,9);2H2,1H3;2*1-2H3;2*1H4;/q;;;-1;;;;;+1. The average Bonchev–Trinajstić information content (AvgIpc) is 3.02. The summed E-state index contributed by atoms with van der Waals surface area (Å²) in [4.78, 5) is 54.0. The van der Waals surface area contributed by atoms with Crippen LogP contribution < -0.4 is 45.3 Å². The van der Waals surface area contributed by atoms with E-state index in [1.165, 1.54) is 19.4 Å². The fraction of sp³-hybridized carbons (Fsp3) is 0.485. The largest absolute Gasteiger partial charge is 1.00 e. The van der Waals surface area contributed by atoms with Crippen molar-refractivity contribution in [3.05, 3.63) is 71.8 Å². The number of carbonyl (C=O) groups excluding carboxylic acids is 4. The molecule has 260 valence electrons. The van der Waals surface area contributed by atoms with E-state index in [4.69, 9.17) is 10.2 Å². The molecule has 0 saturated carbocycles. The molecule has 46 heavy (non-hydrogen) atoms. The summed E-state index contributed by atoms with van der Waals surface area (Å²) in [5.41, 5.74) is 2.21. The second-order valence-corrected chi connectivity index (χ2v) is 7.93. The van der Waals surface area contributed by atoms with E-state index in [0.717, 1.165) is 25.1 Å². The number of rotatable bonds is 8. The van der Waals surface area contributed by atoms with E-state index < -0.39 is 35.9 Å². The number of nitrogens with one attached hydrogen (secondary N) is 2. The number of carboxylic acid groups (broad SMARTS) is 1. The number of methoxy groups -OCH3 is 2. The molecule has 0 aliphatic heterocycles. The summed E-state index contributed by atoms with van der Waals surface area (Å²) in [7, 11) is 2.22.